The molecule has 1 atom stereocenters. The number of rotatable bonds is 12. The number of nitrogens with zero attached hydrogens (tertiary/aromatic N) is 3. The minimum atomic E-state index is -0.952. The molecule has 13 nitrogen and oxygen atoms in total. The standard InChI is InChI=1S/C32H31N3O10S/c1-6-43-29-21(8-7-9-25(29)42-5)28-27(31(37)44-15-14-40-3)18(2)33-32-34(28)30(36)26(46-32)17-20-11-13-24(45-20)22-16-19(35(38)39)10-12-23(22)41-4/h7-13,16-17,28H,6,14-15H2,1-5H3/b26-17+/t28-/m1/s1. The molecule has 5 rings (SSSR count). The summed E-state index contributed by atoms with van der Waals surface area (Å²) >= 11 is 1.12. The Balaban J connectivity index is 1.66. The summed E-state index contributed by atoms with van der Waals surface area (Å²) in [5, 5.41) is 11.4. The van der Waals surface area contributed by atoms with Gasteiger partial charge in [0.1, 0.15) is 29.9 Å². The fourth-order valence-electron chi connectivity index (χ4n) is 5.09. The largest absolute Gasteiger partial charge is 0.496 e. The lowest BCUT2D eigenvalue weighted by molar-refractivity contribution is -0.384. The molecule has 240 valence electrons. The van der Waals surface area contributed by atoms with E-state index in [1.807, 2.05) is 6.92 Å². The van der Waals surface area contributed by atoms with E-state index >= 15 is 0 Å². The second-order valence-electron chi connectivity index (χ2n) is 9.87. The van der Waals surface area contributed by atoms with Crippen LogP contribution in [0.2, 0.25) is 0 Å². The molecular formula is C32H31N3O10S. The molecule has 0 spiro atoms. The first-order chi connectivity index (χ1) is 22.2. The molecule has 0 fully saturated rings. The van der Waals surface area contributed by atoms with E-state index < -0.39 is 22.5 Å². The van der Waals surface area contributed by atoms with Crippen LogP contribution in [0.25, 0.3) is 17.4 Å². The molecule has 0 saturated carbocycles. The quantitative estimate of drug-likeness (QED) is 0.0952. The highest BCUT2D eigenvalue weighted by Gasteiger charge is 2.36. The van der Waals surface area contributed by atoms with Gasteiger partial charge in [-0.1, -0.05) is 23.5 Å². The van der Waals surface area contributed by atoms with Gasteiger partial charge < -0.3 is 28.1 Å². The number of benzene rings is 2. The molecule has 2 aromatic heterocycles. The number of carbonyl (C=O) groups is 1. The molecule has 0 bridgehead atoms. The third-order valence-corrected chi connectivity index (χ3v) is 8.12. The van der Waals surface area contributed by atoms with E-state index in [9.17, 15) is 19.7 Å². The summed E-state index contributed by atoms with van der Waals surface area (Å²) in [6, 6.07) is 11.8. The zero-order valence-electron chi connectivity index (χ0n) is 25.7. The van der Waals surface area contributed by atoms with E-state index in [2.05, 4.69) is 4.99 Å². The van der Waals surface area contributed by atoms with E-state index in [0.717, 1.165) is 11.3 Å². The number of ether oxygens (including phenoxy) is 5. The number of fused-ring (bicyclic) bond motifs is 1. The van der Waals surface area contributed by atoms with Crippen molar-refractivity contribution in [3.05, 3.63) is 101 Å². The molecular weight excluding hydrogens is 618 g/mol. The van der Waals surface area contributed by atoms with E-state index in [1.165, 1.54) is 44.1 Å². The highest BCUT2D eigenvalue weighted by molar-refractivity contribution is 7.07. The van der Waals surface area contributed by atoms with Crippen molar-refractivity contribution in [1.29, 1.82) is 0 Å². The van der Waals surface area contributed by atoms with Gasteiger partial charge in [-0.3, -0.25) is 19.5 Å². The summed E-state index contributed by atoms with van der Waals surface area (Å²) in [4.78, 5) is 43.5. The number of carbonyl (C=O) groups excluding carboxylic acids is 1. The highest BCUT2D eigenvalue weighted by Crippen LogP contribution is 2.41. The van der Waals surface area contributed by atoms with E-state index in [1.54, 1.807) is 43.3 Å². The predicted octanol–water partition coefficient (Wildman–Crippen LogP) is 4.01. The van der Waals surface area contributed by atoms with Gasteiger partial charge in [-0.05, 0) is 38.1 Å². The predicted molar refractivity (Wildman–Crippen MR) is 168 cm³/mol. The van der Waals surface area contributed by atoms with Gasteiger partial charge in [-0.2, -0.15) is 0 Å². The first-order valence-corrected chi connectivity index (χ1v) is 14.9. The molecule has 3 heterocycles. The third kappa shape index (κ3) is 6.17. The lowest BCUT2D eigenvalue weighted by Crippen LogP contribution is -2.40. The van der Waals surface area contributed by atoms with Crippen LogP contribution in [0, 0.1) is 10.1 Å². The molecule has 0 saturated heterocycles. The number of hydrogen-bond donors (Lipinski definition) is 0. The Morgan fingerprint density at radius 3 is 2.59 bits per heavy atom. The first-order valence-electron chi connectivity index (χ1n) is 14.1. The van der Waals surface area contributed by atoms with Gasteiger partial charge in [0, 0.05) is 30.9 Å². The van der Waals surface area contributed by atoms with Crippen molar-refractivity contribution in [1.82, 2.24) is 4.57 Å². The van der Waals surface area contributed by atoms with Gasteiger partial charge in [0.2, 0.25) is 0 Å². The van der Waals surface area contributed by atoms with Crippen molar-refractivity contribution in [2.75, 3.05) is 41.2 Å². The number of nitro benzene ring substituents is 1. The summed E-state index contributed by atoms with van der Waals surface area (Å²) in [6.07, 6.45) is 1.55. The van der Waals surface area contributed by atoms with Crippen molar-refractivity contribution >= 4 is 29.1 Å². The average Bonchev–Trinajstić information content (AvgIpc) is 3.64. The normalized spacial score (nSPS) is 14.5. The zero-order chi connectivity index (χ0) is 33.0. The van der Waals surface area contributed by atoms with Crippen LogP contribution >= 0.6 is 11.3 Å². The topological polar surface area (TPSA) is 154 Å². The molecule has 14 heteroatoms. The Kier molecular flexibility index (Phi) is 9.68. The van der Waals surface area contributed by atoms with E-state index in [-0.39, 0.29) is 29.0 Å². The fourth-order valence-corrected chi connectivity index (χ4v) is 6.11. The molecule has 0 radical (unpaired) electrons. The summed E-state index contributed by atoms with van der Waals surface area (Å²) in [5.41, 5.74) is 0.884. The Hall–Kier alpha value is -5.21. The number of allylic oxidation sites excluding steroid dienone is 1. The smallest absolute Gasteiger partial charge is 0.338 e. The van der Waals surface area contributed by atoms with Gasteiger partial charge in [-0.25, -0.2) is 9.79 Å². The molecule has 4 aromatic rings. The third-order valence-electron chi connectivity index (χ3n) is 7.13. The van der Waals surface area contributed by atoms with Crippen LogP contribution in [0.1, 0.15) is 31.2 Å². The summed E-state index contributed by atoms with van der Waals surface area (Å²) in [5.74, 6) is 1.18. The highest BCUT2D eigenvalue weighted by atomic mass is 32.1. The van der Waals surface area contributed by atoms with Crippen molar-refractivity contribution < 1.29 is 37.8 Å². The van der Waals surface area contributed by atoms with Crippen LogP contribution in [-0.4, -0.2) is 56.6 Å². The molecule has 0 amide bonds. The Labute approximate surface area is 266 Å². The summed E-state index contributed by atoms with van der Waals surface area (Å²) < 4.78 is 35.2. The van der Waals surface area contributed by atoms with Gasteiger partial charge in [0.05, 0.1) is 53.7 Å². The number of nitro groups is 1. The number of furan rings is 1. The zero-order valence-corrected chi connectivity index (χ0v) is 26.5. The first kappa shape index (κ1) is 32.2. The van der Waals surface area contributed by atoms with Gasteiger partial charge in [0.25, 0.3) is 11.2 Å². The average molecular weight is 650 g/mol. The van der Waals surface area contributed by atoms with Crippen LogP contribution < -0.4 is 29.1 Å². The number of non-ortho nitro benzene ring substituents is 1. The van der Waals surface area contributed by atoms with Gasteiger partial charge in [-0.15, -0.1) is 0 Å². The van der Waals surface area contributed by atoms with Crippen LogP contribution in [0.3, 0.4) is 0 Å². The van der Waals surface area contributed by atoms with Crippen molar-refractivity contribution in [3.63, 3.8) is 0 Å². The minimum Gasteiger partial charge on any atom is -0.496 e. The van der Waals surface area contributed by atoms with Crippen LogP contribution in [0.4, 0.5) is 5.69 Å². The monoisotopic (exact) mass is 649 g/mol. The Morgan fingerprint density at radius 2 is 1.89 bits per heavy atom. The van der Waals surface area contributed by atoms with Crippen molar-refractivity contribution in [2.45, 2.75) is 19.9 Å². The van der Waals surface area contributed by atoms with E-state index in [0.29, 0.717) is 57.0 Å². The van der Waals surface area contributed by atoms with Crippen LogP contribution in [-0.2, 0) is 14.3 Å². The number of thiazole rings is 1. The maximum Gasteiger partial charge on any atom is 0.338 e. The maximum absolute atomic E-state index is 14.1. The Bertz CT molecular complexity index is 2010. The fraction of sp³-hybridized carbons (Fsp3) is 0.281. The number of esters is 1. The summed E-state index contributed by atoms with van der Waals surface area (Å²) in [6.45, 7) is 4.02. The van der Waals surface area contributed by atoms with Gasteiger partial charge >= 0.3 is 5.97 Å². The molecule has 0 N–H and O–H groups in total. The second kappa shape index (κ2) is 13.8. The number of aromatic nitrogens is 1. The lowest BCUT2D eigenvalue weighted by atomic mass is 9.94. The van der Waals surface area contributed by atoms with E-state index in [4.69, 9.17) is 28.1 Å². The minimum absolute atomic E-state index is 0.00979. The number of hydrogen-bond acceptors (Lipinski definition) is 12. The van der Waals surface area contributed by atoms with Gasteiger partial charge in [0.15, 0.2) is 16.3 Å². The lowest BCUT2D eigenvalue weighted by Gasteiger charge is -2.27. The molecule has 0 unspecified atom stereocenters. The molecule has 1 aliphatic heterocycles. The molecule has 1 aliphatic rings. The SMILES string of the molecule is CCOc1c(OC)cccc1[C@@H]1C(C(=O)OCCOC)=C(C)N=c2s/c(=C/c3ccc(-c4cc([N+](=O)[O-])ccc4OC)o3)c(=O)n21. The summed E-state index contributed by atoms with van der Waals surface area (Å²) in [7, 11) is 4.46. The number of methoxy groups -OCH3 is 3. The van der Waals surface area contributed by atoms with Crippen LogP contribution in [0.15, 0.2) is 74.0 Å². The van der Waals surface area contributed by atoms with Crippen molar-refractivity contribution in [2.24, 2.45) is 4.99 Å². The second-order valence-corrected chi connectivity index (χ2v) is 10.9. The van der Waals surface area contributed by atoms with Crippen LogP contribution in [0.5, 0.6) is 17.2 Å². The van der Waals surface area contributed by atoms with Crippen molar-refractivity contribution in [3.8, 4) is 28.6 Å². The Morgan fingerprint density at radius 1 is 1.11 bits per heavy atom. The molecule has 2 aromatic carbocycles. The maximum atomic E-state index is 14.1. The number of para-hydroxylation sites is 1. The molecule has 46 heavy (non-hydrogen) atoms. The molecule has 0 aliphatic carbocycles.